The molecule has 3 aliphatic rings. The maximum absolute atomic E-state index is 12.3. The Hall–Kier alpha value is -4.04. The molecule has 4 heterocycles. The second-order valence-electron chi connectivity index (χ2n) is 9.06. The summed E-state index contributed by atoms with van der Waals surface area (Å²) in [4.78, 5) is 23.1. The number of anilines is 1. The zero-order valence-corrected chi connectivity index (χ0v) is 18.7. The lowest BCUT2D eigenvalue weighted by Crippen LogP contribution is -2.48. The minimum absolute atomic E-state index is 0.0380. The Labute approximate surface area is 197 Å². The van der Waals surface area contributed by atoms with E-state index in [2.05, 4.69) is 16.5 Å². The van der Waals surface area contributed by atoms with Gasteiger partial charge in [0.15, 0.2) is 12.1 Å². The normalized spacial score (nSPS) is 24.6. The van der Waals surface area contributed by atoms with Gasteiger partial charge in [-0.3, -0.25) is 4.79 Å². The SMILES string of the molecule is C=CC(=O)N1CCCC2(C1)C[N+]21N=C(c2ccc(Oc3ccccc3)cc2)c2c(N)ncnc21. The van der Waals surface area contributed by atoms with Crippen LogP contribution < -0.4 is 15.1 Å². The number of likely N-dealkylation sites (tertiary alicyclic amines) is 1. The third-order valence-electron chi connectivity index (χ3n) is 7.07. The summed E-state index contributed by atoms with van der Waals surface area (Å²) in [6.45, 7) is 5.81. The molecule has 0 radical (unpaired) electrons. The number of para-hydroxylation sites is 1. The highest BCUT2D eigenvalue weighted by atomic mass is 16.5. The number of amides is 1. The van der Waals surface area contributed by atoms with Crippen LogP contribution >= 0.6 is 0 Å². The first-order valence-electron chi connectivity index (χ1n) is 11.4. The van der Waals surface area contributed by atoms with Gasteiger partial charge in [-0.05, 0) is 48.9 Å². The number of hydrogen-bond acceptors (Lipinski definition) is 6. The molecule has 2 fully saturated rings. The fourth-order valence-electron chi connectivity index (χ4n) is 5.36. The molecule has 8 heteroatoms. The fourth-order valence-corrected chi connectivity index (χ4v) is 5.36. The number of carbonyl (C=O) groups excluding carboxylic acids is 1. The molecule has 34 heavy (non-hydrogen) atoms. The van der Waals surface area contributed by atoms with Crippen LogP contribution in [0.1, 0.15) is 24.0 Å². The lowest BCUT2D eigenvalue weighted by molar-refractivity contribution is -0.127. The predicted octanol–water partition coefficient (Wildman–Crippen LogP) is 3.49. The number of ether oxygens (including phenoxy) is 1. The Bertz CT molecular complexity index is 1320. The first-order chi connectivity index (χ1) is 16.6. The van der Waals surface area contributed by atoms with Gasteiger partial charge < -0.3 is 15.4 Å². The fraction of sp³-hybridized carbons (Fsp3) is 0.231. The molecule has 2 aromatic carbocycles. The number of quaternary nitrogens is 1. The van der Waals surface area contributed by atoms with Gasteiger partial charge in [0, 0.05) is 18.5 Å². The van der Waals surface area contributed by atoms with E-state index in [0.717, 1.165) is 60.1 Å². The Morgan fingerprint density at radius 1 is 1.12 bits per heavy atom. The zero-order valence-electron chi connectivity index (χ0n) is 18.7. The molecule has 2 atom stereocenters. The summed E-state index contributed by atoms with van der Waals surface area (Å²) in [5.41, 5.74) is 8.65. The molecule has 8 nitrogen and oxygen atoms in total. The van der Waals surface area contributed by atoms with Gasteiger partial charge in [0.05, 0.1) is 6.54 Å². The van der Waals surface area contributed by atoms with Crippen molar-refractivity contribution in [3.8, 4) is 11.5 Å². The molecule has 2 unspecified atom stereocenters. The number of fused-ring (bicyclic) bond motifs is 3. The van der Waals surface area contributed by atoms with Crippen LogP contribution in [0.2, 0.25) is 0 Å². The second-order valence-corrected chi connectivity index (χ2v) is 9.06. The maximum Gasteiger partial charge on any atom is 0.270 e. The van der Waals surface area contributed by atoms with Crippen LogP contribution in [0.4, 0.5) is 11.6 Å². The van der Waals surface area contributed by atoms with Gasteiger partial charge in [0.25, 0.3) is 5.82 Å². The van der Waals surface area contributed by atoms with E-state index in [0.29, 0.717) is 17.0 Å². The summed E-state index contributed by atoms with van der Waals surface area (Å²) in [6.07, 6.45) is 4.78. The topological polar surface area (TPSA) is 93.7 Å². The van der Waals surface area contributed by atoms with Crippen LogP contribution in [0.5, 0.6) is 11.5 Å². The van der Waals surface area contributed by atoms with E-state index >= 15 is 0 Å². The lowest BCUT2D eigenvalue weighted by Gasteiger charge is -2.31. The molecule has 3 aromatic rings. The molecule has 170 valence electrons. The number of nitrogen functional groups attached to an aromatic ring is 1. The molecule has 1 aromatic heterocycles. The van der Waals surface area contributed by atoms with Crippen molar-refractivity contribution < 1.29 is 9.53 Å². The monoisotopic (exact) mass is 453 g/mol. The highest BCUT2D eigenvalue weighted by molar-refractivity contribution is 6.20. The summed E-state index contributed by atoms with van der Waals surface area (Å²) >= 11 is 0. The molecule has 0 aliphatic carbocycles. The third-order valence-corrected chi connectivity index (χ3v) is 7.07. The molecule has 6 rings (SSSR count). The first kappa shape index (κ1) is 20.6. The predicted molar refractivity (Wildman–Crippen MR) is 130 cm³/mol. The number of rotatable bonds is 4. The van der Waals surface area contributed by atoms with Crippen LogP contribution in [0, 0.1) is 0 Å². The lowest BCUT2D eigenvalue weighted by atomic mass is 9.97. The average molecular weight is 454 g/mol. The highest BCUT2D eigenvalue weighted by Gasteiger charge is 2.77. The van der Waals surface area contributed by atoms with E-state index in [1.807, 2.05) is 59.5 Å². The molecule has 1 amide bonds. The second kappa shape index (κ2) is 7.50. The van der Waals surface area contributed by atoms with E-state index in [-0.39, 0.29) is 11.4 Å². The number of carbonyl (C=O) groups is 1. The van der Waals surface area contributed by atoms with Crippen LogP contribution in [-0.4, -0.2) is 51.7 Å². The summed E-state index contributed by atoms with van der Waals surface area (Å²) in [5, 5.41) is 5.21. The number of hydrogen-bond donors (Lipinski definition) is 1. The third kappa shape index (κ3) is 3.03. The summed E-state index contributed by atoms with van der Waals surface area (Å²) < 4.78 is 6.31. The van der Waals surface area contributed by atoms with E-state index in [4.69, 9.17) is 15.6 Å². The molecule has 2 spiro atoms. The van der Waals surface area contributed by atoms with Crippen LogP contribution in [-0.2, 0) is 4.79 Å². The van der Waals surface area contributed by atoms with Gasteiger partial charge in [0.2, 0.25) is 5.91 Å². The number of aromatic nitrogens is 2. The largest absolute Gasteiger partial charge is 0.457 e. The van der Waals surface area contributed by atoms with E-state index in [1.54, 1.807) is 0 Å². The van der Waals surface area contributed by atoms with Crippen molar-refractivity contribution in [3.05, 3.63) is 84.7 Å². The number of piperidine rings is 1. The summed E-state index contributed by atoms with van der Waals surface area (Å²) in [7, 11) is 0. The molecule has 2 saturated heterocycles. The van der Waals surface area contributed by atoms with Gasteiger partial charge in [0.1, 0.15) is 34.9 Å². The number of benzene rings is 2. The smallest absolute Gasteiger partial charge is 0.270 e. The maximum atomic E-state index is 12.3. The van der Waals surface area contributed by atoms with Crippen molar-refractivity contribution in [1.29, 1.82) is 0 Å². The zero-order chi connectivity index (χ0) is 23.3. The molecular weight excluding hydrogens is 428 g/mol. The van der Waals surface area contributed by atoms with Gasteiger partial charge in [-0.25, -0.2) is 4.98 Å². The van der Waals surface area contributed by atoms with Crippen molar-refractivity contribution in [2.75, 3.05) is 25.4 Å². The average Bonchev–Trinajstić information content (AvgIpc) is 3.32. The van der Waals surface area contributed by atoms with Gasteiger partial charge in [-0.2, -0.15) is 4.98 Å². The minimum Gasteiger partial charge on any atom is -0.457 e. The van der Waals surface area contributed by atoms with Crippen molar-refractivity contribution >= 4 is 23.3 Å². The molecular formula is C26H25N6O2+. The number of nitrogens with two attached hydrogens (primary N) is 1. The van der Waals surface area contributed by atoms with E-state index < -0.39 is 0 Å². The van der Waals surface area contributed by atoms with Crippen LogP contribution in [0.15, 0.2) is 78.7 Å². The molecule has 2 N–H and O–H groups in total. The highest BCUT2D eigenvalue weighted by Crippen LogP contribution is 2.57. The first-order valence-corrected chi connectivity index (χ1v) is 11.4. The summed E-state index contributed by atoms with van der Waals surface area (Å²) in [6, 6.07) is 17.5. The van der Waals surface area contributed by atoms with Crippen LogP contribution in [0.25, 0.3) is 0 Å². The Balaban J connectivity index is 1.36. The van der Waals surface area contributed by atoms with Gasteiger partial charge in [-0.1, -0.05) is 29.9 Å². The Morgan fingerprint density at radius 2 is 1.88 bits per heavy atom. The van der Waals surface area contributed by atoms with Crippen molar-refractivity contribution in [2.45, 2.75) is 18.4 Å². The Kier molecular flexibility index (Phi) is 4.53. The minimum atomic E-state index is -0.190. The van der Waals surface area contributed by atoms with Crippen LogP contribution in [0.3, 0.4) is 0 Å². The Morgan fingerprint density at radius 3 is 2.65 bits per heavy atom. The number of nitrogens with zero attached hydrogens (tertiary/aromatic N) is 5. The van der Waals surface area contributed by atoms with E-state index in [1.165, 1.54) is 12.4 Å². The van der Waals surface area contributed by atoms with Crippen molar-refractivity contribution in [1.82, 2.24) is 19.5 Å². The molecule has 0 bridgehead atoms. The molecule has 3 aliphatic heterocycles. The molecule has 0 saturated carbocycles. The van der Waals surface area contributed by atoms with E-state index in [9.17, 15) is 4.79 Å². The summed E-state index contributed by atoms with van der Waals surface area (Å²) in [5.74, 6) is 2.72. The van der Waals surface area contributed by atoms with Gasteiger partial charge in [-0.15, -0.1) is 4.59 Å². The van der Waals surface area contributed by atoms with Crippen molar-refractivity contribution in [3.63, 3.8) is 0 Å². The van der Waals surface area contributed by atoms with Crippen molar-refractivity contribution in [2.24, 2.45) is 5.10 Å². The quantitative estimate of drug-likeness (QED) is 0.371. The van der Waals surface area contributed by atoms with Gasteiger partial charge >= 0.3 is 0 Å². The standard InChI is InChI=1S/C26H25N6O2/c1-2-21(33)31-14-6-13-26(15-31)16-32(26)25-22(24(27)28-17-29-25)23(30-32)18-9-11-20(12-10-18)34-19-7-4-3-5-8-19/h2-5,7-12,17H,1,6,13-16H2,(H2,27,28,29)/q+1.